The maximum atomic E-state index is 5.90. The van der Waals surface area contributed by atoms with Gasteiger partial charge in [-0.15, -0.1) is 0 Å². The molecule has 2 fully saturated rings. The van der Waals surface area contributed by atoms with Gasteiger partial charge in [-0.2, -0.15) is 0 Å². The summed E-state index contributed by atoms with van der Waals surface area (Å²) in [6, 6.07) is 0.438. The van der Waals surface area contributed by atoms with Gasteiger partial charge in [-0.1, -0.05) is 0 Å². The van der Waals surface area contributed by atoms with Crippen molar-refractivity contribution in [1.82, 2.24) is 14.7 Å². The molecule has 4 nitrogen and oxygen atoms in total. The van der Waals surface area contributed by atoms with Gasteiger partial charge < -0.3 is 20.4 Å². The topological polar surface area (TPSA) is 35.7 Å². The van der Waals surface area contributed by atoms with Crippen LogP contribution in [0.25, 0.3) is 0 Å². The molecule has 1 atom stereocenters. The van der Waals surface area contributed by atoms with Gasteiger partial charge in [0.25, 0.3) is 0 Å². The smallest absolute Gasteiger partial charge is 0.0180 e. The average Bonchev–Trinajstić information content (AvgIpc) is 2.73. The van der Waals surface area contributed by atoms with Gasteiger partial charge in [0.15, 0.2) is 0 Å². The van der Waals surface area contributed by atoms with Crippen molar-refractivity contribution in [1.29, 1.82) is 0 Å². The van der Waals surface area contributed by atoms with E-state index in [0.29, 0.717) is 6.04 Å². The van der Waals surface area contributed by atoms with Crippen LogP contribution in [0.15, 0.2) is 0 Å². The summed E-state index contributed by atoms with van der Waals surface area (Å²) in [5.41, 5.74) is 5.90. The first-order valence-corrected chi connectivity index (χ1v) is 7.13. The first-order valence-electron chi connectivity index (χ1n) is 7.13. The molecule has 0 aliphatic carbocycles. The van der Waals surface area contributed by atoms with Crippen LogP contribution in [0.5, 0.6) is 0 Å². The first kappa shape index (κ1) is 13.3. The third kappa shape index (κ3) is 4.54. The largest absolute Gasteiger partial charge is 0.326 e. The van der Waals surface area contributed by atoms with Crippen LogP contribution in [0.1, 0.15) is 19.3 Å². The Morgan fingerprint density at radius 1 is 0.941 bits per heavy atom. The second-order valence-electron chi connectivity index (χ2n) is 5.70. The van der Waals surface area contributed by atoms with Crippen LogP contribution >= 0.6 is 0 Å². The van der Waals surface area contributed by atoms with Gasteiger partial charge in [-0.25, -0.2) is 0 Å². The highest BCUT2D eigenvalue weighted by Gasteiger charge is 2.18. The summed E-state index contributed by atoms with van der Waals surface area (Å²) < 4.78 is 0. The maximum absolute atomic E-state index is 5.90. The predicted molar refractivity (Wildman–Crippen MR) is 72.2 cm³/mol. The van der Waals surface area contributed by atoms with E-state index in [0.717, 1.165) is 6.54 Å². The molecule has 100 valence electrons. The molecule has 2 N–H and O–H groups in total. The molecule has 4 heteroatoms. The van der Waals surface area contributed by atoms with Crippen molar-refractivity contribution in [2.75, 3.05) is 59.4 Å². The first-order chi connectivity index (χ1) is 8.24. The van der Waals surface area contributed by atoms with Crippen LogP contribution in [0.3, 0.4) is 0 Å². The minimum absolute atomic E-state index is 0.438. The number of nitrogens with zero attached hydrogens (tertiary/aromatic N) is 3. The van der Waals surface area contributed by atoms with E-state index in [1.807, 2.05) is 0 Å². The van der Waals surface area contributed by atoms with E-state index in [1.165, 1.54) is 65.1 Å². The zero-order valence-electron chi connectivity index (χ0n) is 11.3. The fourth-order valence-electron chi connectivity index (χ4n) is 2.81. The van der Waals surface area contributed by atoms with Gasteiger partial charge in [-0.05, 0) is 45.9 Å². The number of likely N-dealkylation sites (N-methyl/N-ethyl adjacent to an activating group) is 1. The highest BCUT2D eigenvalue weighted by atomic mass is 15.2. The molecule has 0 spiro atoms. The number of hydrogen-bond acceptors (Lipinski definition) is 4. The second-order valence-corrected chi connectivity index (χ2v) is 5.70. The summed E-state index contributed by atoms with van der Waals surface area (Å²) in [6.45, 7) is 9.86. The normalized spacial score (nSPS) is 28.9. The van der Waals surface area contributed by atoms with E-state index in [-0.39, 0.29) is 0 Å². The summed E-state index contributed by atoms with van der Waals surface area (Å²) >= 11 is 0. The zero-order valence-corrected chi connectivity index (χ0v) is 11.3. The lowest BCUT2D eigenvalue weighted by molar-refractivity contribution is 0.150. The average molecular weight is 240 g/mol. The lowest BCUT2D eigenvalue weighted by Crippen LogP contribution is -2.44. The minimum atomic E-state index is 0.438. The third-order valence-corrected chi connectivity index (χ3v) is 4.10. The van der Waals surface area contributed by atoms with E-state index in [9.17, 15) is 0 Å². The van der Waals surface area contributed by atoms with Crippen LogP contribution < -0.4 is 5.73 Å². The molecule has 2 aliphatic heterocycles. The van der Waals surface area contributed by atoms with Gasteiger partial charge in [0.05, 0.1) is 0 Å². The van der Waals surface area contributed by atoms with Crippen molar-refractivity contribution < 1.29 is 0 Å². The molecule has 0 amide bonds. The Labute approximate surface area is 106 Å². The molecule has 0 aromatic carbocycles. The van der Waals surface area contributed by atoms with Crippen molar-refractivity contribution in [2.45, 2.75) is 25.3 Å². The molecule has 0 bridgehead atoms. The molecule has 0 aromatic heterocycles. The van der Waals surface area contributed by atoms with Gasteiger partial charge in [0.1, 0.15) is 0 Å². The van der Waals surface area contributed by atoms with E-state index in [4.69, 9.17) is 5.73 Å². The Kier molecular flexibility index (Phi) is 5.22. The Bertz CT molecular complexity index is 213. The van der Waals surface area contributed by atoms with Crippen molar-refractivity contribution in [2.24, 2.45) is 5.73 Å². The van der Waals surface area contributed by atoms with Crippen LogP contribution in [-0.2, 0) is 0 Å². The fraction of sp³-hybridized carbons (Fsp3) is 1.00. The second kappa shape index (κ2) is 6.69. The molecule has 1 unspecified atom stereocenters. The number of hydrogen-bond donors (Lipinski definition) is 1. The van der Waals surface area contributed by atoms with E-state index in [1.54, 1.807) is 0 Å². The molecule has 2 aliphatic rings. The summed E-state index contributed by atoms with van der Waals surface area (Å²) in [5.74, 6) is 0. The minimum Gasteiger partial charge on any atom is -0.326 e. The van der Waals surface area contributed by atoms with E-state index in [2.05, 4.69) is 21.7 Å². The standard InChI is InChI=1S/C13H28N4/c1-15-8-10-16(11-9-15)5-2-3-6-17-7-4-13(14)12-17/h13H,2-12,14H2,1H3. The van der Waals surface area contributed by atoms with E-state index < -0.39 is 0 Å². The van der Waals surface area contributed by atoms with E-state index >= 15 is 0 Å². The molecule has 0 aromatic rings. The van der Waals surface area contributed by atoms with Crippen LogP contribution in [0.4, 0.5) is 0 Å². The number of likely N-dealkylation sites (tertiary alicyclic amines) is 1. The third-order valence-electron chi connectivity index (χ3n) is 4.10. The monoisotopic (exact) mass is 240 g/mol. The molecular weight excluding hydrogens is 212 g/mol. The summed E-state index contributed by atoms with van der Waals surface area (Å²) in [6.07, 6.45) is 3.87. The van der Waals surface area contributed by atoms with Crippen LogP contribution in [-0.4, -0.2) is 80.1 Å². The van der Waals surface area contributed by atoms with Gasteiger partial charge in [0, 0.05) is 38.8 Å². The lowest BCUT2D eigenvalue weighted by Gasteiger charge is -2.32. The molecule has 2 saturated heterocycles. The Morgan fingerprint density at radius 3 is 2.18 bits per heavy atom. The zero-order chi connectivity index (χ0) is 12.1. The van der Waals surface area contributed by atoms with Crippen molar-refractivity contribution in [3.8, 4) is 0 Å². The van der Waals surface area contributed by atoms with Gasteiger partial charge in [0.2, 0.25) is 0 Å². The lowest BCUT2D eigenvalue weighted by atomic mass is 10.2. The molecule has 2 rings (SSSR count). The van der Waals surface area contributed by atoms with Crippen LogP contribution in [0.2, 0.25) is 0 Å². The number of piperazine rings is 1. The fourth-order valence-corrected chi connectivity index (χ4v) is 2.81. The Hall–Kier alpha value is -0.160. The molecule has 0 radical (unpaired) electrons. The quantitative estimate of drug-likeness (QED) is 0.689. The highest BCUT2D eigenvalue weighted by Crippen LogP contribution is 2.08. The van der Waals surface area contributed by atoms with Crippen molar-refractivity contribution in [3.05, 3.63) is 0 Å². The predicted octanol–water partition coefficient (Wildman–Crippen LogP) is 0.0470. The number of rotatable bonds is 5. The maximum Gasteiger partial charge on any atom is 0.0180 e. The van der Waals surface area contributed by atoms with Crippen molar-refractivity contribution >= 4 is 0 Å². The molecule has 0 saturated carbocycles. The SMILES string of the molecule is CN1CCN(CCCCN2CCC(N)C2)CC1. The Balaban J connectivity index is 1.49. The molecule has 2 heterocycles. The summed E-state index contributed by atoms with van der Waals surface area (Å²) in [4.78, 5) is 7.55. The highest BCUT2D eigenvalue weighted by molar-refractivity contribution is 4.77. The number of unbranched alkanes of at least 4 members (excludes halogenated alkanes) is 1. The Morgan fingerprint density at radius 2 is 1.59 bits per heavy atom. The summed E-state index contributed by atoms with van der Waals surface area (Å²) in [5, 5.41) is 0. The molecular formula is C13H28N4. The van der Waals surface area contributed by atoms with Crippen molar-refractivity contribution in [3.63, 3.8) is 0 Å². The van der Waals surface area contributed by atoms with Gasteiger partial charge >= 0.3 is 0 Å². The summed E-state index contributed by atoms with van der Waals surface area (Å²) in [7, 11) is 2.22. The van der Waals surface area contributed by atoms with Crippen LogP contribution in [0, 0.1) is 0 Å². The van der Waals surface area contributed by atoms with Gasteiger partial charge in [-0.3, -0.25) is 0 Å². The number of nitrogens with two attached hydrogens (primary N) is 1. The molecule has 17 heavy (non-hydrogen) atoms.